The predicted octanol–water partition coefficient (Wildman–Crippen LogP) is 1.30. The molecule has 14 heavy (non-hydrogen) atoms. The molecule has 0 radical (unpaired) electrons. The molecule has 0 bridgehead atoms. The van der Waals surface area contributed by atoms with Gasteiger partial charge in [-0.05, 0) is 13.3 Å². The van der Waals surface area contributed by atoms with Gasteiger partial charge in [0.2, 0.25) is 5.91 Å². The molecule has 0 aliphatic rings. The minimum Gasteiger partial charge on any atom is -0.343 e. The molecule has 0 rings (SSSR count). The number of amides is 1. The van der Waals surface area contributed by atoms with E-state index < -0.39 is 5.41 Å². The fraction of sp³-hybridized carbons (Fsp3) is 0.700. The molecule has 0 aromatic heterocycles. The molecule has 0 spiro atoms. The van der Waals surface area contributed by atoms with Crippen molar-refractivity contribution in [2.75, 3.05) is 13.6 Å². The van der Waals surface area contributed by atoms with Crippen molar-refractivity contribution < 1.29 is 4.79 Å². The van der Waals surface area contributed by atoms with Crippen LogP contribution in [0, 0.1) is 28.1 Å². The third kappa shape index (κ3) is 2.74. The molecule has 0 N–H and O–H groups in total. The Morgan fingerprint density at radius 1 is 1.50 bits per heavy atom. The summed E-state index contributed by atoms with van der Waals surface area (Å²) in [5.74, 6) is -0.210. The van der Waals surface area contributed by atoms with Crippen LogP contribution in [0.25, 0.3) is 0 Å². The van der Waals surface area contributed by atoms with E-state index in [0.717, 1.165) is 0 Å². The molecule has 0 aliphatic heterocycles. The molecule has 0 fully saturated rings. The summed E-state index contributed by atoms with van der Waals surface area (Å²) in [6.45, 7) is 3.81. The van der Waals surface area contributed by atoms with Crippen LogP contribution in [-0.2, 0) is 4.79 Å². The second-order valence-electron chi connectivity index (χ2n) is 3.43. The molecule has 4 heteroatoms. The van der Waals surface area contributed by atoms with E-state index in [1.807, 2.05) is 12.1 Å². The summed E-state index contributed by atoms with van der Waals surface area (Å²) in [6.07, 6.45) is 0.784. The maximum Gasteiger partial charge on any atom is 0.242 e. The van der Waals surface area contributed by atoms with E-state index in [1.165, 1.54) is 4.90 Å². The second-order valence-corrected chi connectivity index (χ2v) is 3.43. The Balaban J connectivity index is 4.47. The third-order valence-corrected chi connectivity index (χ3v) is 2.33. The highest BCUT2D eigenvalue weighted by atomic mass is 16.2. The minimum absolute atomic E-state index is 0.210. The van der Waals surface area contributed by atoms with Gasteiger partial charge in [0.1, 0.15) is 5.41 Å². The van der Waals surface area contributed by atoms with Gasteiger partial charge in [0.15, 0.2) is 0 Å². The molecule has 76 valence electrons. The van der Waals surface area contributed by atoms with Crippen LogP contribution in [0.3, 0.4) is 0 Å². The summed E-state index contributed by atoms with van der Waals surface area (Å²) in [5.41, 5.74) is -0.954. The van der Waals surface area contributed by atoms with Crippen LogP contribution in [-0.4, -0.2) is 24.4 Å². The molecule has 0 heterocycles. The van der Waals surface area contributed by atoms with Crippen LogP contribution in [0.5, 0.6) is 0 Å². The lowest BCUT2D eigenvalue weighted by Gasteiger charge is -2.25. The Kier molecular flexibility index (Phi) is 4.66. The third-order valence-electron chi connectivity index (χ3n) is 2.33. The summed E-state index contributed by atoms with van der Waals surface area (Å²) in [4.78, 5) is 13.2. The average Bonchev–Trinajstić information content (AvgIpc) is 2.23. The summed E-state index contributed by atoms with van der Waals surface area (Å²) < 4.78 is 0. The first-order chi connectivity index (χ1) is 6.51. The van der Waals surface area contributed by atoms with Crippen LogP contribution in [0.2, 0.25) is 0 Å². The average molecular weight is 193 g/mol. The lowest BCUT2D eigenvalue weighted by Crippen LogP contribution is -2.39. The number of carbonyl (C=O) groups is 1. The van der Waals surface area contributed by atoms with Crippen LogP contribution >= 0.6 is 0 Å². The Morgan fingerprint density at radius 3 is 2.43 bits per heavy atom. The van der Waals surface area contributed by atoms with Crippen molar-refractivity contribution in [2.24, 2.45) is 5.41 Å². The predicted molar refractivity (Wildman–Crippen MR) is 51.9 cm³/mol. The zero-order valence-electron chi connectivity index (χ0n) is 8.87. The molecule has 0 saturated heterocycles. The highest BCUT2D eigenvalue weighted by molar-refractivity contribution is 5.84. The molecule has 0 aromatic carbocycles. The van der Waals surface area contributed by atoms with E-state index in [2.05, 4.69) is 0 Å². The standard InChI is InChI=1S/C10H15N3O/c1-4-10(2,8-12)9(14)13(3)7-5-6-11/h4-5,7H2,1-3H3. The van der Waals surface area contributed by atoms with Crippen LogP contribution in [0.4, 0.5) is 0 Å². The van der Waals surface area contributed by atoms with E-state index in [0.29, 0.717) is 19.4 Å². The van der Waals surface area contributed by atoms with Gasteiger partial charge in [-0.25, -0.2) is 0 Å². The van der Waals surface area contributed by atoms with E-state index in [1.54, 1.807) is 20.9 Å². The molecule has 0 aromatic rings. The van der Waals surface area contributed by atoms with Crippen molar-refractivity contribution in [3.63, 3.8) is 0 Å². The number of hydrogen-bond donors (Lipinski definition) is 0. The van der Waals surface area contributed by atoms with Gasteiger partial charge in [0, 0.05) is 13.6 Å². The van der Waals surface area contributed by atoms with Crippen molar-refractivity contribution in [3.05, 3.63) is 0 Å². The van der Waals surface area contributed by atoms with E-state index in [4.69, 9.17) is 10.5 Å². The normalized spacial score (nSPS) is 13.5. The van der Waals surface area contributed by atoms with Gasteiger partial charge >= 0.3 is 0 Å². The van der Waals surface area contributed by atoms with E-state index >= 15 is 0 Å². The Morgan fingerprint density at radius 2 is 2.07 bits per heavy atom. The summed E-state index contributed by atoms with van der Waals surface area (Å²) in [5, 5.41) is 17.2. The smallest absolute Gasteiger partial charge is 0.242 e. The van der Waals surface area contributed by atoms with Crippen LogP contribution in [0.1, 0.15) is 26.7 Å². The van der Waals surface area contributed by atoms with Crippen LogP contribution in [0.15, 0.2) is 0 Å². The summed E-state index contributed by atoms with van der Waals surface area (Å²) >= 11 is 0. The Hall–Kier alpha value is -1.55. The molecule has 4 nitrogen and oxygen atoms in total. The van der Waals surface area contributed by atoms with Gasteiger partial charge in [-0.15, -0.1) is 0 Å². The molecule has 0 saturated carbocycles. The van der Waals surface area contributed by atoms with Gasteiger partial charge in [-0.3, -0.25) is 4.79 Å². The Bertz CT molecular complexity index is 287. The number of carbonyl (C=O) groups excluding carboxylic acids is 1. The van der Waals surface area contributed by atoms with Crippen molar-refractivity contribution >= 4 is 5.91 Å². The molecule has 1 atom stereocenters. The fourth-order valence-electron chi connectivity index (χ4n) is 1.02. The lowest BCUT2D eigenvalue weighted by atomic mass is 9.88. The zero-order valence-corrected chi connectivity index (χ0v) is 8.87. The number of nitrogens with zero attached hydrogens (tertiary/aromatic N) is 3. The van der Waals surface area contributed by atoms with Crippen LogP contribution < -0.4 is 0 Å². The van der Waals surface area contributed by atoms with Gasteiger partial charge < -0.3 is 4.90 Å². The number of hydrogen-bond acceptors (Lipinski definition) is 3. The molecule has 0 aliphatic carbocycles. The maximum absolute atomic E-state index is 11.7. The molecule has 1 unspecified atom stereocenters. The minimum atomic E-state index is -0.954. The fourth-order valence-corrected chi connectivity index (χ4v) is 1.02. The first-order valence-corrected chi connectivity index (χ1v) is 4.55. The molecular weight excluding hydrogens is 178 g/mol. The van der Waals surface area contributed by atoms with Crippen molar-refractivity contribution in [3.8, 4) is 12.1 Å². The van der Waals surface area contributed by atoms with Crippen molar-refractivity contribution in [1.82, 2.24) is 4.90 Å². The quantitative estimate of drug-likeness (QED) is 0.675. The van der Waals surface area contributed by atoms with Crippen molar-refractivity contribution in [1.29, 1.82) is 10.5 Å². The monoisotopic (exact) mass is 193 g/mol. The molecule has 1 amide bonds. The van der Waals surface area contributed by atoms with Gasteiger partial charge in [-0.2, -0.15) is 10.5 Å². The SMILES string of the molecule is CCC(C)(C#N)C(=O)N(C)CCC#N. The highest BCUT2D eigenvalue weighted by Crippen LogP contribution is 2.22. The zero-order chi connectivity index (χ0) is 11.2. The maximum atomic E-state index is 11.7. The summed E-state index contributed by atoms with van der Waals surface area (Å²) in [7, 11) is 1.62. The van der Waals surface area contributed by atoms with Gasteiger partial charge in [0.25, 0.3) is 0 Å². The van der Waals surface area contributed by atoms with E-state index in [-0.39, 0.29) is 5.91 Å². The highest BCUT2D eigenvalue weighted by Gasteiger charge is 2.33. The lowest BCUT2D eigenvalue weighted by molar-refractivity contribution is -0.137. The van der Waals surface area contributed by atoms with Crippen molar-refractivity contribution in [2.45, 2.75) is 26.7 Å². The first-order valence-electron chi connectivity index (χ1n) is 4.55. The second kappa shape index (κ2) is 5.24. The summed E-state index contributed by atoms with van der Waals surface area (Å²) in [6, 6.07) is 3.98. The number of nitriles is 2. The number of rotatable bonds is 4. The van der Waals surface area contributed by atoms with Gasteiger partial charge in [0.05, 0.1) is 18.6 Å². The van der Waals surface area contributed by atoms with Gasteiger partial charge in [-0.1, -0.05) is 6.92 Å². The topological polar surface area (TPSA) is 67.9 Å². The largest absolute Gasteiger partial charge is 0.343 e. The Labute approximate surface area is 84.7 Å². The van der Waals surface area contributed by atoms with E-state index in [9.17, 15) is 4.79 Å². The molecular formula is C10H15N3O. The first kappa shape index (κ1) is 12.4.